The van der Waals surface area contributed by atoms with E-state index >= 15 is 0 Å². The first-order chi connectivity index (χ1) is 10.1. The summed E-state index contributed by atoms with van der Waals surface area (Å²) in [5, 5.41) is 3.86. The van der Waals surface area contributed by atoms with E-state index in [1.807, 2.05) is 0 Å². The summed E-state index contributed by atoms with van der Waals surface area (Å²) in [6, 6.07) is 2.22. The highest BCUT2D eigenvalue weighted by Gasteiger charge is 2.32. The third kappa shape index (κ3) is 5.25. The van der Waals surface area contributed by atoms with Gasteiger partial charge in [0.2, 0.25) is 0 Å². The van der Waals surface area contributed by atoms with Crippen molar-refractivity contribution < 1.29 is 0 Å². The maximum absolute atomic E-state index is 3.86. The Labute approximate surface area is 133 Å². The summed E-state index contributed by atoms with van der Waals surface area (Å²) in [4.78, 5) is 2.80. The molecule has 1 N–H and O–H groups in total. The summed E-state index contributed by atoms with van der Waals surface area (Å²) in [5.41, 5.74) is 0. The molecule has 0 aromatic heterocycles. The van der Waals surface area contributed by atoms with Crippen LogP contribution in [0.1, 0.15) is 79.1 Å². The van der Waals surface area contributed by atoms with E-state index in [1.165, 1.54) is 64.5 Å². The molecule has 124 valence electrons. The second-order valence-electron chi connectivity index (χ2n) is 8.13. The molecule has 0 spiro atoms. The zero-order valence-electron chi connectivity index (χ0n) is 14.9. The fourth-order valence-electron chi connectivity index (χ4n) is 4.36. The van der Waals surface area contributed by atoms with Gasteiger partial charge in [0.1, 0.15) is 0 Å². The second kappa shape index (κ2) is 8.53. The SMILES string of the molecule is CC(C)CCCC(C)N1CC(C2CCCCC2)NCC1C. The Morgan fingerprint density at radius 3 is 2.43 bits per heavy atom. The van der Waals surface area contributed by atoms with Gasteiger partial charge in [-0.05, 0) is 44.9 Å². The zero-order valence-corrected chi connectivity index (χ0v) is 14.9. The van der Waals surface area contributed by atoms with E-state index in [0.717, 1.165) is 23.9 Å². The van der Waals surface area contributed by atoms with Gasteiger partial charge in [0.15, 0.2) is 0 Å². The van der Waals surface area contributed by atoms with E-state index in [2.05, 4.69) is 37.9 Å². The van der Waals surface area contributed by atoms with Crippen LogP contribution in [0.5, 0.6) is 0 Å². The van der Waals surface area contributed by atoms with Crippen LogP contribution in [0.25, 0.3) is 0 Å². The molecule has 0 aromatic rings. The van der Waals surface area contributed by atoms with Crippen LogP contribution in [0.15, 0.2) is 0 Å². The van der Waals surface area contributed by atoms with E-state index < -0.39 is 0 Å². The average molecular weight is 295 g/mol. The van der Waals surface area contributed by atoms with Crippen molar-refractivity contribution in [2.75, 3.05) is 13.1 Å². The molecule has 2 heteroatoms. The molecule has 2 rings (SSSR count). The highest BCUT2D eigenvalue weighted by Crippen LogP contribution is 2.29. The first-order valence-corrected chi connectivity index (χ1v) is 9.57. The Morgan fingerprint density at radius 2 is 1.76 bits per heavy atom. The van der Waals surface area contributed by atoms with Crippen LogP contribution >= 0.6 is 0 Å². The van der Waals surface area contributed by atoms with Crippen LogP contribution in [-0.4, -0.2) is 36.1 Å². The third-order valence-corrected chi connectivity index (χ3v) is 5.84. The van der Waals surface area contributed by atoms with Gasteiger partial charge in [0.05, 0.1) is 0 Å². The van der Waals surface area contributed by atoms with E-state index in [1.54, 1.807) is 0 Å². The number of piperazine rings is 1. The molecular weight excluding hydrogens is 256 g/mol. The Morgan fingerprint density at radius 1 is 1.05 bits per heavy atom. The smallest absolute Gasteiger partial charge is 0.0224 e. The normalized spacial score (nSPS) is 30.7. The Kier molecular flexibility index (Phi) is 7.01. The van der Waals surface area contributed by atoms with Crippen molar-refractivity contribution in [2.45, 2.75) is 97.2 Å². The van der Waals surface area contributed by atoms with Crippen LogP contribution in [0.2, 0.25) is 0 Å². The fourth-order valence-corrected chi connectivity index (χ4v) is 4.36. The molecule has 21 heavy (non-hydrogen) atoms. The predicted molar refractivity (Wildman–Crippen MR) is 92.7 cm³/mol. The van der Waals surface area contributed by atoms with Crippen molar-refractivity contribution in [1.29, 1.82) is 0 Å². The molecule has 1 saturated heterocycles. The van der Waals surface area contributed by atoms with E-state index in [0.29, 0.717) is 6.04 Å². The van der Waals surface area contributed by atoms with Crippen molar-refractivity contribution in [3.63, 3.8) is 0 Å². The Bertz CT molecular complexity index is 283. The fraction of sp³-hybridized carbons (Fsp3) is 1.00. The first-order valence-electron chi connectivity index (χ1n) is 9.57. The minimum Gasteiger partial charge on any atom is -0.311 e. The molecule has 2 fully saturated rings. The number of hydrogen-bond donors (Lipinski definition) is 1. The lowest BCUT2D eigenvalue weighted by molar-refractivity contribution is 0.0675. The molecular formula is C19H38N2. The van der Waals surface area contributed by atoms with Gasteiger partial charge in [-0.3, -0.25) is 4.90 Å². The lowest BCUT2D eigenvalue weighted by Gasteiger charge is -2.45. The summed E-state index contributed by atoms with van der Waals surface area (Å²) in [5.74, 6) is 1.80. The van der Waals surface area contributed by atoms with Gasteiger partial charge in [-0.2, -0.15) is 0 Å². The summed E-state index contributed by atoms with van der Waals surface area (Å²) in [7, 11) is 0. The molecule has 1 aliphatic carbocycles. The molecule has 1 heterocycles. The minimum absolute atomic E-state index is 0.707. The standard InChI is InChI=1S/C19H38N2/c1-15(2)9-8-10-16(3)21-14-19(20-13-17(21)4)18-11-6-5-7-12-18/h15-20H,5-14H2,1-4H3. The van der Waals surface area contributed by atoms with Gasteiger partial charge in [-0.15, -0.1) is 0 Å². The topological polar surface area (TPSA) is 15.3 Å². The van der Waals surface area contributed by atoms with Crippen LogP contribution in [-0.2, 0) is 0 Å². The minimum atomic E-state index is 0.707. The first kappa shape index (κ1) is 17.3. The number of nitrogens with zero attached hydrogens (tertiary/aromatic N) is 1. The zero-order chi connectivity index (χ0) is 15.2. The molecule has 2 aliphatic rings. The van der Waals surface area contributed by atoms with Crippen molar-refractivity contribution in [1.82, 2.24) is 10.2 Å². The summed E-state index contributed by atoms with van der Waals surface area (Å²) >= 11 is 0. The van der Waals surface area contributed by atoms with Gasteiger partial charge < -0.3 is 5.32 Å². The van der Waals surface area contributed by atoms with Crippen molar-refractivity contribution in [3.8, 4) is 0 Å². The molecule has 0 amide bonds. The van der Waals surface area contributed by atoms with Gasteiger partial charge in [0.25, 0.3) is 0 Å². The van der Waals surface area contributed by atoms with E-state index in [-0.39, 0.29) is 0 Å². The highest BCUT2D eigenvalue weighted by molar-refractivity contribution is 4.90. The molecule has 2 nitrogen and oxygen atoms in total. The quantitative estimate of drug-likeness (QED) is 0.779. The Balaban J connectivity index is 1.82. The predicted octanol–water partition coefficient (Wildman–Crippen LogP) is 4.44. The van der Waals surface area contributed by atoms with Crippen LogP contribution in [0, 0.1) is 11.8 Å². The highest BCUT2D eigenvalue weighted by atomic mass is 15.2. The molecule has 1 aliphatic heterocycles. The van der Waals surface area contributed by atoms with Crippen molar-refractivity contribution >= 4 is 0 Å². The number of nitrogens with one attached hydrogen (secondary N) is 1. The van der Waals surface area contributed by atoms with Crippen molar-refractivity contribution in [2.24, 2.45) is 11.8 Å². The van der Waals surface area contributed by atoms with Gasteiger partial charge >= 0.3 is 0 Å². The van der Waals surface area contributed by atoms with Crippen LogP contribution < -0.4 is 5.32 Å². The summed E-state index contributed by atoms with van der Waals surface area (Å²) < 4.78 is 0. The van der Waals surface area contributed by atoms with Gasteiger partial charge in [0, 0.05) is 31.2 Å². The molecule has 3 unspecified atom stereocenters. The average Bonchev–Trinajstić information content (AvgIpc) is 2.48. The molecule has 0 bridgehead atoms. The van der Waals surface area contributed by atoms with Crippen LogP contribution in [0.4, 0.5) is 0 Å². The lowest BCUT2D eigenvalue weighted by Crippen LogP contribution is -2.60. The summed E-state index contributed by atoms with van der Waals surface area (Å²) in [6.45, 7) is 12.0. The summed E-state index contributed by atoms with van der Waals surface area (Å²) in [6.07, 6.45) is 11.5. The van der Waals surface area contributed by atoms with E-state index in [4.69, 9.17) is 0 Å². The molecule has 1 saturated carbocycles. The Hall–Kier alpha value is -0.0800. The van der Waals surface area contributed by atoms with Gasteiger partial charge in [-0.1, -0.05) is 46.0 Å². The van der Waals surface area contributed by atoms with E-state index in [9.17, 15) is 0 Å². The monoisotopic (exact) mass is 294 g/mol. The largest absolute Gasteiger partial charge is 0.311 e. The maximum Gasteiger partial charge on any atom is 0.0224 e. The third-order valence-electron chi connectivity index (χ3n) is 5.84. The second-order valence-corrected chi connectivity index (χ2v) is 8.13. The van der Waals surface area contributed by atoms with Crippen LogP contribution in [0.3, 0.4) is 0 Å². The maximum atomic E-state index is 3.86. The van der Waals surface area contributed by atoms with Gasteiger partial charge in [-0.25, -0.2) is 0 Å². The number of rotatable bonds is 6. The van der Waals surface area contributed by atoms with Crippen molar-refractivity contribution in [3.05, 3.63) is 0 Å². The molecule has 0 aromatic carbocycles. The number of hydrogen-bond acceptors (Lipinski definition) is 2. The molecule has 0 radical (unpaired) electrons. The molecule has 3 atom stereocenters. The lowest BCUT2D eigenvalue weighted by atomic mass is 9.82.